The number of hydrogen-bond donors (Lipinski definition) is 2. The van der Waals surface area contributed by atoms with Gasteiger partial charge in [0.2, 0.25) is 0 Å². The molecule has 2 heterocycles. The van der Waals surface area contributed by atoms with Crippen LogP contribution < -0.4 is 21.7 Å². The van der Waals surface area contributed by atoms with Crippen molar-refractivity contribution in [3.63, 3.8) is 0 Å². The highest BCUT2D eigenvalue weighted by atomic mass is 16.6. The fraction of sp³-hybridized carbons (Fsp3) is 0.267. The predicted molar refractivity (Wildman–Crippen MR) is 144 cm³/mol. The molecule has 0 unspecified atom stereocenters. The topological polar surface area (TPSA) is 109 Å². The van der Waals surface area contributed by atoms with Gasteiger partial charge in [-0.25, -0.2) is 4.79 Å². The number of benzene rings is 3. The maximum atomic E-state index is 12.6. The first-order valence-corrected chi connectivity index (χ1v) is 12.3. The van der Waals surface area contributed by atoms with E-state index >= 15 is 0 Å². The third-order valence-electron chi connectivity index (χ3n) is 6.88. The predicted octanol–water partition coefficient (Wildman–Crippen LogP) is 3.48. The van der Waals surface area contributed by atoms with E-state index in [1.54, 1.807) is 7.11 Å². The normalized spacial score (nSPS) is 20.9. The lowest BCUT2D eigenvalue weighted by atomic mass is 9.80. The van der Waals surface area contributed by atoms with Crippen LogP contribution in [0.5, 0.6) is 5.75 Å². The molecule has 0 spiro atoms. The number of hydrogen-bond acceptors (Lipinski definition) is 6. The van der Waals surface area contributed by atoms with Crippen molar-refractivity contribution in [1.82, 2.24) is 9.55 Å². The van der Waals surface area contributed by atoms with Gasteiger partial charge in [-0.1, -0.05) is 72.8 Å². The number of rotatable bonds is 8. The van der Waals surface area contributed by atoms with Crippen LogP contribution in [-0.2, 0) is 15.1 Å². The lowest BCUT2D eigenvalue weighted by molar-refractivity contribution is -0.0797. The first-order valence-electron chi connectivity index (χ1n) is 13.8. The van der Waals surface area contributed by atoms with Crippen molar-refractivity contribution in [2.45, 2.75) is 37.2 Å². The number of nitrogens with one attached hydrogen (secondary N) is 1. The van der Waals surface area contributed by atoms with Crippen LogP contribution in [0.15, 0.2) is 101 Å². The highest BCUT2D eigenvalue weighted by Gasteiger charge is 2.41. The number of ether oxygens (including phenoxy) is 3. The van der Waals surface area contributed by atoms with E-state index in [0.717, 1.165) is 27.5 Å². The van der Waals surface area contributed by atoms with Gasteiger partial charge >= 0.3 is 5.69 Å². The van der Waals surface area contributed by atoms with Gasteiger partial charge < -0.3 is 19.9 Å². The van der Waals surface area contributed by atoms with Gasteiger partial charge in [0.25, 0.3) is 5.56 Å². The molecular formula is C30H31N3O5. The third kappa shape index (κ3) is 4.81. The summed E-state index contributed by atoms with van der Waals surface area (Å²) in [4.78, 5) is 26.8. The molecule has 1 aliphatic rings. The quantitative estimate of drug-likeness (QED) is 0.347. The van der Waals surface area contributed by atoms with E-state index in [1.807, 2.05) is 84.9 Å². The molecule has 0 saturated carbocycles. The third-order valence-corrected chi connectivity index (χ3v) is 6.88. The van der Waals surface area contributed by atoms with Crippen LogP contribution >= 0.6 is 0 Å². The fourth-order valence-corrected chi connectivity index (χ4v) is 4.91. The van der Waals surface area contributed by atoms with Crippen molar-refractivity contribution in [2.24, 2.45) is 5.73 Å². The van der Waals surface area contributed by atoms with E-state index in [1.165, 1.54) is 0 Å². The summed E-state index contributed by atoms with van der Waals surface area (Å²) >= 11 is 0. The van der Waals surface area contributed by atoms with Crippen LogP contribution in [0.2, 0.25) is 0 Å². The summed E-state index contributed by atoms with van der Waals surface area (Å²) in [5.41, 5.74) is 5.84. The molecule has 196 valence electrons. The zero-order valence-electron chi connectivity index (χ0n) is 23.9. The Bertz CT molecular complexity index is 1550. The number of aromatic nitrogens is 2. The van der Waals surface area contributed by atoms with Crippen molar-refractivity contribution in [2.75, 3.05) is 13.7 Å². The molecule has 1 aliphatic heterocycles. The van der Waals surface area contributed by atoms with Crippen LogP contribution in [0, 0.1) is 6.85 Å². The van der Waals surface area contributed by atoms with Gasteiger partial charge in [0.05, 0.1) is 19.8 Å². The fourth-order valence-electron chi connectivity index (χ4n) is 4.91. The number of aromatic amines is 1. The Labute approximate surface area is 224 Å². The van der Waals surface area contributed by atoms with E-state index in [4.69, 9.17) is 24.1 Å². The highest BCUT2D eigenvalue weighted by molar-refractivity contribution is 5.48. The summed E-state index contributed by atoms with van der Waals surface area (Å²) in [6.45, 7) is -2.65. The summed E-state index contributed by atoms with van der Waals surface area (Å²) in [5, 5.41) is 0. The Hall–Kier alpha value is -3.98. The summed E-state index contributed by atoms with van der Waals surface area (Å²) in [6, 6.07) is 26.7. The maximum absolute atomic E-state index is 12.6. The SMILES string of the molecule is [2H]C([2H])([2H])c1cn([C@H]2C[C@@H](N)[C@@H](COC(c3ccccc3)(c3ccccc3)c3ccc(OC)cc3)O2)c(=O)[nH]c1=O. The minimum atomic E-state index is -2.70. The molecule has 5 rings (SSSR count). The Kier molecular flexibility index (Phi) is 6.26. The summed E-state index contributed by atoms with van der Waals surface area (Å²) < 4.78 is 42.4. The lowest BCUT2D eigenvalue weighted by Gasteiger charge is -2.37. The summed E-state index contributed by atoms with van der Waals surface area (Å²) in [7, 11) is 1.61. The molecule has 3 aromatic carbocycles. The second-order valence-electron chi connectivity index (χ2n) is 9.19. The number of nitrogens with two attached hydrogens (primary N) is 1. The average Bonchev–Trinajstić information content (AvgIpc) is 3.34. The number of aryl methyl sites for hydroxylation is 1. The first-order chi connectivity index (χ1) is 19.6. The smallest absolute Gasteiger partial charge is 0.330 e. The minimum Gasteiger partial charge on any atom is -0.497 e. The molecule has 1 aromatic heterocycles. The summed E-state index contributed by atoms with van der Waals surface area (Å²) in [6.07, 6.45) is -0.273. The van der Waals surface area contributed by atoms with Crippen LogP contribution in [0.3, 0.4) is 0 Å². The molecule has 38 heavy (non-hydrogen) atoms. The van der Waals surface area contributed by atoms with Crippen molar-refractivity contribution in [1.29, 1.82) is 0 Å². The highest BCUT2D eigenvalue weighted by Crippen LogP contribution is 2.42. The van der Waals surface area contributed by atoms with E-state index in [0.29, 0.717) is 5.75 Å². The molecule has 3 atom stereocenters. The molecule has 0 amide bonds. The number of methoxy groups -OCH3 is 1. The molecule has 4 aromatic rings. The van der Waals surface area contributed by atoms with E-state index in [2.05, 4.69) is 4.98 Å². The monoisotopic (exact) mass is 516 g/mol. The minimum absolute atomic E-state index is 0.0533. The van der Waals surface area contributed by atoms with Crippen molar-refractivity contribution < 1.29 is 18.3 Å². The lowest BCUT2D eigenvalue weighted by Crippen LogP contribution is -2.40. The first kappa shape index (κ1) is 22.0. The second-order valence-corrected chi connectivity index (χ2v) is 9.19. The zero-order valence-corrected chi connectivity index (χ0v) is 20.9. The molecule has 8 heteroatoms. The van der Waals surface area contributed by atoms with Crippen LogP contribution in [-0.4, -0.2) is 35.4 Å². The van der Waals surface area contributed by atoms with Gasteiger partial charge in [0, 0.05) is 28.3 Å². The Balaban J connectivity index is 1.51. The Morgan fingerprint density at radius 1 is 1.00 bits per heavy atom. The Morgan fingerprint density at radius 3 is 2.18 bits per heavy atom. The van der Waals surface area contributed by atoms with E-state index in [9.17, 15) is 9.59 Å². The standard InChI is InChI=1S/C30H31N3O5/c1-20-18-33(29(35)32-28(20)34)27-17-25(31)26(38-27)19-37-30(21-9-5-3-6-10-21,22-11-7-4-8-12-22)23-13-15-24(36-2)16-14-23/h3-16,18,25-27H,17,19,31H2,1-2H3,(H,32,34,35)/t25-,26-,27-/m1/s1/i1D3. The molecule has 0 radical (unpaired) electrons. The molecule has 1 saturated heterocycles. The molecular weight excluding hydrogens is 482 g/mol. The Morgan fingerprint density at radius 2 is 1.61 bits per heavy atom. The molecule has 0 bridgehead atoms. The van der Waals surface area contributed by atoms with Crippen LogP contribution in [0.4, 0.5) is 0 Å². The zero-order chi connectivity index (χ0) is 29.2. The van der Waals surface area contributed by atoms with Crippen LogP contribution in [0.25, 0.3) is 0 Å². The summed E-state index contributed by atoms with van der Waals surface area (Å²) in [5.74, 6) is 0.704. The van der Waals surface area contributed by atoms with Crippen molar-refractivity contribution >= 4 is 0 Å². The van der Waals surface area contributed by atoms with Gasteiger partial charge in [-0.15, -0.1) is 0 Å². The van der Waals surface area contributed by atoms with Gasteiger partial charge in [0.1, 0.15) is 17.6 Å². The van der Waals surface area contributed by atoms with Gasteiger partial charge in [-0.05, 0) is 35.7 Å². The van der Waals surface area contributed by atoms with Crippen LogP contribution in [0.1, 0.15) is 39.0 Å². The van der Waals surface area contributed by atoms with Gasteiger partial charge in [0.15, 0.2) is 0 Å². The second kappa shape index (κ2) is 10.8. The molecule has 8 nitrogen and oxygen atoms in total. The van der Waals surface area contributed by atoms with Gasteiger partial charge in [-0.3, -0.25) is 14.3 Å². The van der Waals surface area contributed by atoms with Gasteiger partial charge in [-0.2, -0.15) is 0 Å². The largest absolute Gasteiger partial charge is 0.497 e. The molecule has 1 fully saturated rings. The molecule has 0 aliphatic carbocycles. The molecule has 3 N–H and O–H groups in total. The van der Waals surface area contributed by atoms with Crippen molar-refractivity contribution in [3.05, 3.63) is 134 Å². The van der Waals surface area contributed by atoms with E-state index in [-0.39, 0.29) is 13.0 Å². The van der Waals surface area contributed by atoms with Crippen molar-refractivity contribution in [3.8, 4) is 5.75 Å². The number of nitrogens with zero attached hydrogens (tertiary/aromatic N) is 1. The maximum Gasteiger partial charge on any atom is 0.330 e. The van der Waals surface area contributed by atoms with E-state index < -0.39 is 47.6 Å². The average molecular weight is 517 g/mol. The number of H-pyrrole nitrogens is 1.